The molecule has 0 aromatic heterocycles. The van der Waals surface area contributed by atoms with Gasteiger partial charge in [-0.3, -0.25) is 0 Å². The number of aromatic carboxylic acids is 1. The van der Waals surface area contributed by atoms with Gasteiger partial charge >= 0.3 is 5.97 Å². The first-order chi connectivity index (χ1) is 8.50. The van der Waals surface area contributed by atoms with E-state index >= 15 is 0 Å². The molecule has 0 saturated heterocycles. The summed E-state index contributed by atoms with van der Waals surface area (Å²) in [6.45, 7) is 2.21. The molecule has 0 heterocycles. The molecule has 18 heavy (non-hydrogen) atoms. The Morgan fingerprint density at radius 3 is 2.56 bits per heavy atom. The van der Waals surface area contributed by atoms with E-state index in [4.69, 9.17) is 10.8 Å². The standard InChI is InChI=1S/C14H20N2O2/c1-14(7-3-2-4-8-14)16-12-6-5-10(13(17)18)9-11(12)15/h5-6,9,16H,2-4,7-8,15H2,1H3,(H,17,18). The maximum absolute atomic E-state index is 10.8. The predicted octanol–water partition coefficient (Wildman–Crippen LogP) is 3.10. The van der Waals surface area contributed by atoms with Gasteiger partial charge in [0.1, 0.15) is 0 Å². The van der Waals surface area contributed by atoms with Gasteiger partial charge in [-0.15, -0.1) is 0 Å². The molecule has 1 aromatic rings. The number of carbonyl (C=O) groups is 1. The molecule has 98 valence electrons. The smallest absolute Gasteiger partial charge is 0.335 e. The number of rotatable bonds is 3. The van der Waals surface area contributed by atoms with E-state index in [1.807, 2.05) is 0 Å². The van der Waals surface area contributed by atoms with Crippen molar-refractivity contribution in [1.29, 1.82) is 0 Å². The Balaban J connectivity index is 2.16. The first-order valence-electron chi connectivity index (χ1n) is 6.41. The lowest BCUT2D eigenvalue weighted by molar-refractivity contribution is 0.0697. The molecule has 1 aliphatic rings. The summed E-state index contributed by atoms with van der Waals surface area (Å²) in [6.07, 6.45) is 6.03. The highest BCUT2D eigenvalue weighted by Gasteiger charge is 2.26. The predicted molar refractivity (Wildman–Crippen MR) is 72.9 cm³/mol. The summed E-state index contributed by atoms with van der Waals surface area (Å²) < 4.78 is 0. The number of hydrogen-bond donors (Lipinski definition) is 3. The first kappa shape index (κ1) is 12.7. The second-order valence-electron chi connectivity index (χ2n) is 5.35. The Bertz CT molecular complexity index is 451. The lowest BCUT2D eigenvalue weighted by Gasteiger charge is -2.36. The zero-order chi connectivity index (χ0) is 13.2. The number of carboxylic acid groups (broad SMARTS) is 1. The van der Waals surface area contributed by atoms with E-state index in [1.54, 1.807) is 12.1 Å². The van der Waals surface area contributed by atoms with Crippen molar-refractivity contribution in [3.8, 4) is 0 Å². The van der Waals surface area contributed by atoms with Gasteiger partial charge in [0.15, 0.2) is 0 Å². The minimum absolute atomic E-state index is 0.0805. The van der Waals surface area contributed by atoms with Crippen molar-refractivity contribution >= 4 is 17.3 Å². The van der Waals surface area contributed by atoms with Gasteiger partial charge in [-0.25, -0.2) is 4.79 Å². The Hall–Kier alpha value is -1.71. The lowest BCUT2D eigenvalue weighted by Crippen LogP contribution is -2.37. The van der Waals surface area contributed by atoms with Crippen LogP contribution in [0.5, 0.6) is 0 Å². The summed E-state index contributed by atoms with van der Waals surface area (Å²) in [5.74, 6) is -0.947. The Labute approximate surface area is 107 Å². The van der Waals surface area contributed by atoms with E-state index in [2.05, 4.69) is 12.2 Å². The molecule has 1 aliphatic carbocycles. The van der Waals surface area contributed by atoms with Crippen molar-refractivity contribution in [2.45, 2.75) is 44.6 Å². The van der Waals surface area contributed by atoms with Crippen molar-refractivity contribution in [3.63, 3.8) is 0 Å². The maximum atomic E-state index is 10.8. The fraction of sp³-hybridized carbons (Fsp3) is 0.500. The number of hydrogen-bond acceptors (Lipinski definition) is 3. The monoisotopic (exact) mass is 248 g/mol. The van der Waals surface area contributed by atoms with E-state index in [0.717, 1.165) is 18.5 Å². The van der Waals surface area contributed by atoms with Crippen LogP contribution in [-0.4, -0.2) is 16.6 Å². The Kier molecular flexibility index (Phi) is 3.45. The van der Waals surface area contributed by atoms with E-state index < -0.39 is 5.97 Å². The van der Waals surface area contributed by atoms with Gasteiger partial charge < -0.3 is 16.2 Å². The molecule has 1 saturated carbocycles. The molecule has 0 spiro atoms. The molecular formula is C14H20N2O2. The van der Waals surface area contributed by atoms with Gasteiger partial charge in [0.25, 0.3) is 0 Å². The molecular weight excluding hydrogens is 228 g/mol. The summed E-state index contributed by atoms with van der Waals surface area (Å²) in [4.78, 5) is 10.8. The SMILES string of the molecule is CC1(Nc2ccc(C(=O)O)cc2N)CCCCC1. The van der Waals surface area contributed by atoms with Crippen LogP contribution < -0.4 is 11.1 Å². The molecule has 4 heteroatoms. The van der Waals surface area contributed by atoms with Crippen molar-refractivity contribution in [1.82, 2.24) is 0 Å². The fourth-order valence-electron chi connectivity index (χ4n) is 2.59. The summed E-state index contributed by atoms with van der Waals surface area (Å²) in [7, 11) is 0. The van der Waals surface area contributed by atoms with Crippen LogP contribution in [0, 0.1) is 0 Å². The molecule has 4 nitrogen and oxygen atoms in total. The molecule has 4 N–H and O–H groups in total. The van der Waals surface area contributed by atoms with Crippen LogP contribution in [0.15, 0.2) is 18.2 Å². The van der Waals surface area contributed by atoms with Crippen LogP contribution in [0.3, 0.4) is 0 Å². The zero-order valence-electron chi connectivity index (χ0n) is 10.7. The molecule has 2 rings (SSSR count). The molecule has 0 unspecified atom stereocenters. The first-order valence-corrected chi connectivity index (χ1v) is 6.41. The lowest BCUT2D eigenvalue weighted by atomic mass is 9.83. The number of nitrogens with one attached hydrogen (secondary N) is 1. The summed E-state index contributed by atoms with van der Waals surface area (Å²) in [5, 5.41) is 12.4. The van der Waals surface area contributed by atoms with Crippen LogP contribution >= 0.6 is 0 Å². The van der Waals surface area contributed by atoms with Gasteiger partial charge in [0.05, 0.1) is 16.9 Å². The molecule has 0 atom stereocenters. The van der Waals surface area contributed by atoms with E-state index in [9.17, 15) is 4.79 Å². The molecule has 0 radical (unpaired) electrons. The average molecular weight is 248 g/mol. The fourth-order valence-corrected chi connectivity index (χ4v) is 2.59. The number of anilines is 2. The highest BCUT2D eigenvalue weighted by molar-refractivity contribution is 5.90. The second-order valence-corrected chi connectivity index (χ2v) is 5.35. The Morgan fingerprint density at radius 2 is 2.00 bits per heavy atom. The second kappa shape index (κ2) is 4.88. The molecule has 0 aliphatic heterocycles. The quantitative estimate of drug-likeness (QED) is 0.718. The van der Waals surface area contributed by atoms with Crippen LogP contribution in [0.25, 0.3) is 0 Å². The van der Waals surface area contributed by atoms with Crippen molar-refractivity contribution < 1.29 is 9.90 Å². The van der Waals surface area contributed by atoms with Crippen LogP contribution in [0.4, 0.5) is 11.4 Å². The number of carboxylic acids is 1. The van der Waals surface area contributed by atoms with Gasteiger partial charge in [-0.2, -0.15) is 0 Å². The number of benzene rings is 1. The van der Waals surface area contributed by atoms with Gasteiger partial charge in [0.2, 0.25) is 0 Å². The van der Waals surface area contributed by atoms with Crippen LogP contribution in [-0.2, 0) is 0 Å². The van der Waals surface area contributed by atoms with E-state index in [-0.39, 0.29) is 11.1 Å². The number of nitrogen functional groups attached to an aromatic ring is 1. The highest BCUT2D eigenvalue weighted by atomic mass is 16.4. The minimum Gasteiger partial charge on any atom is -0.478 e. The highest BCUT2D eigenvalue weighted by Crippen LogP contribution is 2.33. The third-order valence-corrected chi connectivity index (χ3v) is 3.69. The van der Waals surface area contributed by atoms with Gasteiger partial charge in [-0.05, 0) is 38.0 Å². The largest absolute Gasteiger partial charge is 0.478 e. The Morgan fingerprint density at radius 1 is 1.33 bits per heavy atom. The topological polar surface area (TPSA) is 75.3 Å². The van der Waals surface area contributed by atoms with E-state index in [1.165, 1.54) is 25.3 Å². The van der Waals surface area contributed by atoms with Crippen LogP contribution in [0.2, 0.25) is 0 Å². The summed E-state index contributed by atoms with van der Waals surface area (Å²) in [6, 6.07) is 4.86. The molecule has 0 bridgehead atoms. The van der Waals surface area contributed by atoms with Crippen molar-refractivity contribution in [3.05, 3.63) is 23.8 Å². The summed E-state index contributed by atoms with van der Waals surface area (Å²) >= 11 is 0. The van der Waals surface area contributed by atoms with Crippen molar-refractivity contribution in [2.24, 2.45) is 0 Å². The maximum Gasteiger partial charge on any atom is 0.335 e. The van der Waals surface area contributed by atoms with Gasteiger partial charge in [0, 0.05) is 5.54 Å². The van der Waals surface area contributed by atoms with Crippen LogP contribution in [0.1, 0.15) is 49.4 Å². The minimum atomic E-state index is -0.947. The molecule has 1 fully saturated rings. The average Bonchev–Trinajstić information content (AvgIpc) is 2.32. The zero-order valence-corrected chi connectivity index (χ0v) is 10.7. The van der Waals surface area contributed by atoms with Gasteiger partial charge in [-0.1, -0.05) is 19.3 Å². The normalized spacial score (nSPS) is 18.3. The third kappa shape index (κ3) is 2.75. The van der Waals surface area contributed by atoms with Crippen molar-refractivity contribution in [2.75, 3.05) is 11.1 Å². The van der Waals surface area contributed by atoms with E-state index in [0.29, 0.717) is 5.69 Å². The summed E-state index contributed by atoms with van der Waals surface area (Å²) in [5.41, 5.74) is 7.56. The molecule has 0 amide bonds. The molecule has 1 aromatic carbocycles. The third-order valence-electron chi connectivity index (χ3n) is 3.69. The number of nitrogens with two attached hydrogens (primary N) is 1.